The Bertz CT molecular complexity index is 1360. The minimum absolute atomic E-state index is 0.00218. The second kappa shape index (κ2) is 7.70. The lowest BCUT2D eigenvalue weighted by atomic mass is 10.1. The number of hydrogen-bond acceptors (Lipinski definition) is 5. The Morgan fingerprint density at radius 2 is 1.72 bits per heavy atom. The standard InChI is InChI=1S/C22H18F3NO5S/c1-13-18-11-15-5-3-4-6-17(15)19(18)26(12-14-7-9-16(30-2)10-8-14)21(27)20(13)31-32(28,29)22(23,24)25/h3-10H,11-12H2,1-2H3. The third kappa shape index (κ3) is 3.64. The number of nitrogens with zero attached hydrogens (tertiary/aromatic N) is 1. The van der Waals surface area contributed by atoms with Crippen LogP contribution in [0.1, 0.15) is 22.3 Å². The first kappa shape index (κ1) is 21.9. The fraction of sp³-hybridized carbons (Fsp3) is 0.227. The van der Waals surface area contributed by atoms with Gasteiger partial charge >= 0.3 is 15.6 Å². The van der Waals surface area contributed by atoms with E-state index in [4.69, 9.17) is 4.74 Å². The van der Waals surface area contributed by atoms with E-state index in [1.54, 1.807) is 30.3 Å². The van der Waals surface area contributed by atoms with Gasteiger partial charge in [-0.1, -0.05) is 36.4 Å². The minimum Gasteiger partial charge on any atom is -0.497 e. The normalized spacial score (nSPS) is 12.9. The van der Waals surface area contributed by atoms with Crippen LogP contribution in [0.4, 0.5) is 13.2 Å². The van der Waals surface area contributed by atoms with E-state index in [1.165, 1.54) is 18.6 Å². The molecule has 1 aromatic heterocycles. The van der Waals surface area contributed by atoms with Crippen molar-refractivity contribution >= 4 is 10.1 Å². The van der Waals surface area contributed by atoms with E-state index in [2.05, 4.69) is 4.18 Å². The Morgan fingerprint density at radius 1 is 1.06 bits per heavy atom. The molecule has 10 heteroatoms. The highest BCUT2D eigenvalue weighted by Crippen LogP contribution is 2.40. The zero-order valence-corrected chi connectivity index (χ0v) is 17.9. The zero-order valence-electron chi connectivity index (χ0n) is 17.1. The van der Waals surface area contributed by atoms with E-state index in [0.717, 1.165) is 11.1 Å². The van der Waals surface area contributed by atoms with Crippen LogP contribution in [0, 0.1) is 6.92 Å². The molecule has 1 aliphatic carbocycles. The summed E-state index contributed by atoms with van der Waals surface area (Å²) in [6.45, 7) is 1.40. The van der Waals surface area contributed by atoms with Gasteiger partial charge in [-0.2, -0.15) is 21.6 Å². The van der Waals surface area contributed by atoms with Crippen LogP contribution in [0.2, 0.25) is 0 Å². The monoisotopic (exact) mass is 465 g/mol. The molecule has 0 saturated carbocycles. The highest BCUT2D eigenvalue weighted by atomic mass is 32.2. The molecule has 0 bridgehead atoms. The number of halogens is 3. The van der Waals surface area contributed by atoms with E-state index < -0.39 is 26.9 Å². The van der Waals surface area contributed by atoms with Crippen LogP contribution >= 0.6 is 0 Å². The molecule has 0 N–H and O–H groups in total. The van der Waals surface area contributed by atoms with Gasteiger partial charge in [0.25, 0.3) is 5.56 Å². The average molecular weight is 465 g/mol. The first-order chi connectivity index (χ1) is 15.0. The van der Waals surface area contributed by atoms with Gasteiger partial charge in [-0.05, 0) is 35.7 Å². The number of pyridine rings is 1. The van der Waals surface area contributed by atoms with Gasteiger partial charge in [0.2, 0.25) is 5.75 Å². The average Bonchev–Trinajstić information content (AvgIpc) is 3.13. The van der Waals surface area contributed by atoms with Gasteiger partial charge in [0.15, 0.2) is 0 Å². The van der Waals surface area contributed by atoms with Crippen molar-refractivity contribution in [1.29, 1.82) is 0 Å². The molecule has 0 radical (unpaired) electrons. The number of ether oxygens (including phenoxy) is 1. The Hall–Kier alpha value is -3.27. The van der Waals surface area contributed by atoms with Crippen molar-refractivity contribution in [3.05, 3.63) is 81.1 Å². The molecule has 4 rings (SSSR count). The van der Waals surface area contributed by atoms with Crippen molar-refractivity contribution in [2.45, 2.75) is 25.4 Å². The van der Waals surface area contributed by atoms with Crippen molar-refractivity contribution in [2.75, 3.05) is 7.11 Å². The van der Waals surface area contributed by atoms with Crippen molar-refractivity contribution in [3.63, 3.8) is 0 Å². The highest BCUT2D eigenvalue weighted by Gasteiger charge is 2.49. The lowest BCUT2D eigenvalue weighted by molar-refractivity contribution is -0.0500. The van der Waals surface area contributed by atoms with Crippen LogP contribution in [0.15, 0.2) is 53.3 Å². The molecule has 6 nitrogen and oxygen atoms in total. The maximum absolute atomic E-state index is 13.3. The summed E-state index contributed by atoms with van der Waals surface area (Å²) < 4.78 is 73.0. The molecule has 0 atom stereocenters. The molecule has 0 saturated heterocycles. The predicted molar refractivity (Wildman–Crippen MR) is 111 cm³/mol. The lowest BCUT2D eigenvalue weighted by Crippen LogP contribution is -2.33. The van der Waals surface area contributed by atoms with Crippen LogP contribution in [0.5, 0.6) is 11.5 Å². The summed E-state index contributed by atoms with van der Waals surface area (Å²) >= 11 is 0. The number of hydrogen-bond donors (Lipinski definition) is 0. The van der Waals surface area contributed by atoms with E-state index in [9.17, 15) is 26.4 Å². The number of methoxy groups -OCH3 is 1. The number of aromatic nitrogens is 1. The van der Waals surface area contributed by atoms with Crippen molar-refractivity contribution < 1.29 is 30.5 Å². The second-order valence-electron chi connectivity index (χ2n) is 7.34. The van der Waals surface area contributed by atoms with E-state index in [-0.39, 0.29) is 12.1 Å². The molecule has 1 heterocycles. The van der Waals surface area contributed by atoms with Crippen LogP contribution in [0.25, 0.3) is 11.3 Å². The van der Waals surface area contributed by atoms with Gasteiger partial charge in [-0.25, -0.2) is 0 Å². The largest absolute Gasteiger partial charge is 0.534 e. The van der Waals surface area contributed by atoms with Crippen molar-refractivity contribution in [2.24, 2.45) is 0 Å². The van der Waals surface area contributed by atoms with E-state index >= 15 is 0 Å². The third-order valence-corrected chi connectivity index (χ3v) is 6.36. The number of benzene rings is 2. The van der Waals surface area contributed by atoms with Crippen LogP contribution in [0.3, 0.4) is 0 Å². The summed E-state index contributed by atoms with van der Waals surface area (Å²) in [5.41, 5.74) is -3.14. The summed E-state index contributed by atoms with van der Waals surface area (Å²) in [5.74, 6) is -0.247. The molecule has 1 aliphatic rings. The van der Waals surface area contributed by atoms with Gasteiger partial charge in [-0.3, -0.25) is 4.79 Å². The minimum atomic E-state index is -6.01. The Balaban J connectivity index is 1.93. The molecule has 3 aromatic rings. The summed E-state index contributed by atoms with van der Waals surface area (Å²) in [5, 5.41) is 0. The zero-order chi connectivity index (χ0) is 23.3. The molecular formula is C22H18F3NO5S. The second-order valence-corrected chi connectivity index (χ2v) is 8.88. The summed E-state index contributed by atoms with van der Waals surface area (Å²) in [7, 11) is -4.50. The molecule has 0 aliphatic heterocycles. The Morgan fingerprint density at radius 3 is 2.34 bits per heavy atom. The first-order valence-electron chi connectivity index (χ1n) is 9.51. The van der Waals surface area contributed by atoms with Crippen LogP contribution in [-0.2, 0) is 23.1 Å². The van der Waals surface area contributed by atoms with Crippen LogP contribution in [-0.4, -0.2) is 25.6 Å². The Labute approximate surface area is 182 Å². The van der Waals surface area contributed by atoms with Gasteiger partial charge < -0.3 is 13.5 Å². The van der Waals surface area contributed by atoms with Crippen LogP contribution < -0.4 is 14.5 Å². The molecule has 168 valence electrons. The molecule has 32 heavy (non-hydrogen) atoms. The predicted octanol–water partition coefficient (Wildman–Crippen LogP) is 4.01. The summed E-state index contributed by atoms with van der Waals surface area (Å²) in [6, 6.07) is 14.1. The fourth-order valence-electron chi connectivity index (χ4n) is 3.80. The molecule has 0 amide bonds. The number of alkyl halides is 3. The number of rotatable bonds is 5. The Kier molecular flexibility index (Phi) is 5.28. The highest BCUT2D eigenvalue weighted by molar-refractivity contribution is 7.88. The topological polar surface area (TPSA) is 74.6 Å². The van der Waals surface area contributed by atoms with E-state index in [0.29, 0.717) is 29.0 Å². The lowest BCUT2D eigenvalue weighted by Gasteiger charge is -2.19. The molecule has 0 unspecified atom stereocenters. The van der Waals surface area contributed by atoms with Gasteiger partial charge in [-0.15, -0.1) is 0 Å². The van der Waals surface area contributed by atoms with Gasteiger partial charge in [0.05, 0.1) is 19.3 Å². The fourth-order valence-corrected chi connectivity index (χ4v) is 4.31. The molecule has 2 aromatic carbocycles. The van der Waals surface area contributed by atoms with Crippen molar-refractivity contribution in [3.8, 4) is 22.8 Å². The summed E-state index contributed by atoms with van der Waals surface area (Å²) in [6.07, 6.45) is 0.336. The van der Waals surface area contributed by atoms with Crippen molar-refractivity contribution in [1.82, 2.24) is 4.57 Å². The molecule has 0 spiro atoms. The first-order valence-corrected chi connectivity index (χ1v) is 10.9. The maximum atomic E-state index is 13.3. The number of fused-ring (bicyclic) bond motifs is 3. The molecule has 0 fully saturated rings. The third-order valence-electron chi connectivity index (χ3n) is 5.40. The molecular weight excluding hydrogens is 447 g/mol. The maximum Gasteiger partial charge on any atom is 0.534 e. The van der Waals surface area contributed by atoms with E-state index in [1.807, 2.05) is 18.2 Å². The van der Waals surface area contributed by atoms with Gasteiger partial charge in [0, 0.05) is 17.5 Å². The smallest absolute Gasteiger partial charge is 0.497 e. The van der Waals surface area contributed by atoms with Gasteiger partial charge in [0.1, 0.15) is 5.75 Å². The quantitative estimate of drug-likeness (QED) is 0.329. The summed E-state index contributed by atoms with van der Waals surface area (Å²) in [4.78, 5) is 13.3. The SMILES string of the molecule is COc1ccc(Cn2c3c(c(C)c(OS(=O)(=O)C(F)(F)F)c2=O)Cc2ccccc2-3)cc1.